The molecule has 0 aliphatic carbocycles. The molecule has 58 heavy (non-hydrogen) atoms. The summed E-state index contributed by atoms with van der Waals surface area (Å²) in [5, 5.41) is 0. The maximum absolute atomic E-state index is 17.1. The summed E-state index contributed by atoms with van der Waals surface area (Å²) < 4.78 is 38.8. The molecule has 0 saturated carbocycles. The smallest absolute Gasteiger partial charge is 0.396 e. The van der Waals surface area contributed by atoms with Gasteiger partial charge in [-0.2, -0.15) is 0 Å². The quantitative estimate of drug-likeness (QED) is 0.0849. The summed E-state index contributed by atoms with van der Waals surface area (Å²) in [5.41, 5.74) is 10.9. The van der Waals surface area contributed by atoms with Crippen molar-refractivity contribution in [2.24, 2.45) is 0 Å². The minimum absolute atomic E-state index is 0.343. The average Bonchev–Trinajstić information content (AvgIpc) is 3.59. The molecular formula is C45H45BF2I2N8. The van der Waals surface area contributed by atoms with Gasteiger partial charge >= 0.3 is 6.97 Å². The highest BCUT2D eigenvalue weighted by Gasteiger charge is 2.60. The van der Waals surface area contributed by atoms with Crippen molar-refractivity contribution < 1.29 is 13.1 Å². The Morgan fingerprint density at radius 2 is 1.07 bits per heavy atom. The van der Waals surface area contributed by atoms with Crippen molar-refractivity contribution in [1.29, 1.82) is 0 Å². The summed E-state index contributed by atoms with van der Waals surface area (Å²) in [6, 6.07) is 30.3. The van der Waals surface area contributed by atoms with Crippen molar-refractivity contribution in [1.82, 2.24) is 34.2 Å². The molecule has 0 bridgehead atoms. The first-order valence-electron chi connectivity index (χ1n) is 19.5. The first-order chi connectivity index (χ1) is 28.0. The predicted molar refractivity (Wildman–Crippen MR) is 243 cm³/mol. The molecule has 8 nitrogen and oxygen atoms in total. The van der Waals surface area contributed by atoms with Crippen LogP contribution in [0.2, 0.25) is 0 Å². The zero-order valence-electron chi connectivity index (χ0n) is 33.0. The van der Waals surface area contributed by atoms with Crippen LogP contribution in [-0.4, -0.2) is 57.4 Å². The third kappa shape index (κ3) is 8.19. The van der Waals surface area contributed by atoms with Gasteiger partial charge in [0.25, 0.3) is 0 Å². The molecule has 0 amide bonds. The molecular weight excluding hydrogens is 955 g/mol. The monoisotopic (exact) mass is 1000 g/mol. The Balaban J connectivity index is 1.28. The van der Waals surface area contributed by atoms with Crippen molar-refractivity contribution in [3.63, 3.8) is 0 Å². The molecule has 0 fully saturated rings. The molecule has 0 spiro atoms. The molecule has 0 N–H and O–H groups in total. The summed E-state index contributed by atoms with van der Waals surface area (Å²) in [7, 11) is 0. The molecule has 2 unspecified atom stereocenters. The van der Waals surface area contributed by atoms with Gasteiger partial charge in [0.05, 0.1) is 32.3 Å². The second-order valence-corrected chi connectivity index (χ2v) is 17.6. The number of aromatic nitrogens is 5. The van der Waals surface area contributed by atoms with Gasteiger partial charge in [-0.05, 0) is 142 Å². The van der Waals surface area contributed by atoms with Crippen molar-refractivity contribution in [3.8, 4) is 0 Å². The zero-order chi connectivity index (χ0) is 40.6. The van der Waals surface area contributed by atoms with Gasteiger partial charge in [0.1, 0.15) is 11.8 Å². The van der Waals surface area contributed by atoms with E-state index in [9.17, 15) is 0 Å². The molecule has 13 heteroatoms. The van der Waals surface area contributed by atoms with Crippen LogP contribution in [0.15, 0.2) is 125 Å². The molecule has 5 aromatic heterocycles. The lowest BCUT2D eigenvalue weighted by Gasteiger charge is -2.41. The Morgan fingerprint density at radius 1 is 0.638 bits per heavy atom. The van der Waals surface area contributed by atoms with E-state index in [-0.39, 0.29) is 5.92 Å². The van der Waals surface area contributed by atoms with E-state index in [1.807, 2.05) is 101 Å². The fourth-order valence-electron chi connectivity index (χ4n) is 8.92. The number of nitrogens with zero attached hydrogens (tertiary/aromatic N) is 8. The van der Waals surface area contributed by atoms with E-state index in [4.69, 9.17) is 0 Å². The molecule has 2 atom stereocenters. The van der Waals surface area contributed by atoms with E-state index >= 15 is 8.63 Å². The van der Waals surface area contributed by atoms with Crippen LogP contribution in [0.4, 0.5) is 8.63 Å². The lowest BCUT2D eigenvalue weighted by molar-refractivity contribution is -0.463. The summed E-state index contributed by atoms with van der Waals surface area (Å²) in [6.45, 7) is 7.30. The molecule has 2 aliphatic heterocycles. The third-order valence-electron chi connectivity index (χ3n) is 11.4. The predicted octanol–water partition coefficient (Wildman–Crippen LogP) is 9.63. The third-order valence-corrected chi connectivity index (χ3v) is 14.6. The molecule has 296 valence electrons. The topological polar surface area (TPSA) is 66.0 Å². The zero-order valence-corrected chi connectivity index (χ0v) is 37.3. The lowest BCUT2D eigenvalue weighted by atomic mass is 9.75. The number of hydrogen-bond donors (Lipinski definition) is 0. The second kappa shape index (κ2) is 17.2. The maximum atomic E-state index is 17.1. The van der Waals surface area contributed by atoms with E-state index in [2.05, 4.69) is 117 Å². The van der Waals surface area contributed by atoms with Gasteiger partial charge in [-0.1, -0.05) is 42.5 Å². The van der Waals surface area contributed by atoms with Gasteiger partial charge in [-0.3, -0.25) is 29.7 Å². The van der Waals surface area contributed by atoms with Crippen LogP contribution in [0.1, 0.15) is 76.2 Å². The molecule has 0 radical (unpaired) electrons. The summed E-state index contributed by atoms with van der Waals surface area (Å²) >= 11 is 4.54. The molecule has 0 saturated heterocycles. The Morgan fingerprint density at radius 3 is 1.47 bits per heavy atom. The van der Waals surface area contributed by atoms with Gasteiger partial charge in [0, 0.05) is 85.8 Å². The number of allylic oxidation sites excluding steroid dienone is 1. The Kier molecular flexibility index (Phi) is 12.0. The van der Waals surface area contributed by atoms with E-state index in [0.29, 0.717) is 56.4 Å². The second-order valence-electron chi connectivity index (χ2n) is 15.4. The lowest BCUT2D eigenvalue weighted by Crippen LogP contribution is -2.59. The number of benzene rings is 1. The Hall–Kier alpha value is -4.19. The van der Waals surface area contributed by atoms with Crippen LogP contribution in [0.3, 0.4) is 0 Å². The first-order valence-corrected chi connectivity index (χ1v) is 21.7. The Bertz CT molecular complexity index is 2290. The first kappa shape index (κ1) is 40.6. The SMILES string of the molecule is CC1=C(I)C(C)=[N+]2C1C(c1cc(CN(Cc3ccccn3)Cc3ccccn3)cc(CN(Cc3ccccn3)Cc3ccccn3)c1)c1c(C)c(I)c(C)n1[B-]2(F)F. The average molecular weight is 1000 g/mol. The molecule has 6 aromatic rings. The Labute approximate surface area is 366 Å². The summed E-state index contributed by atoms with van der Waals surface area (Å²) in [4.78, 5) is 23.4. The minimum Gasteiger partial charge on any atom is -0.396 e. The summed E-state index contributed by atoms with van der Waals surface area (Å²) in [6.07, 6.45) is 7.32. The van der Waals surface area contributed by atoms with Gasteiger partial charge in [0.2, 0.25) is 0 Å². The minimum atomic E-state index is -4.10. The van der Waals surface area contributed by atoms with E-state index in [1.54, 1.807) is 0 Å². The fourth-order valence-corrected chi connectivity index (χ4v) is 10.1. The number of rotatable bonds is 13. The maximum Gasteiger partial charge on any atom is 0.732 e. The standard InChI is InChI=1S/C45H45BF2I2N8/c1-30-42(49)32(3)57-44(30)41(45-31(2)43(50)33(4)58(45)46(57,47)48)36-22-34(24-55(26-37-13-5-9-17-51-37)27-38-14-6-10-18-52-38)21-35(23-36)25-56(28-39-15-7-11-19-53-39)29-40-16-8-12-20-54-40/h5-23,41,44H,24-29H2,1-4H3. The van der Waals surface area contributed by atoms with Gasteiger partial charge in [0.15, 0.2) is 0 Å². The largest absolute Gasteiger partial charge is 0.732 e. The van der Waals surface area contributed by atoms with Crippen molar-refractivity contribution in [3.05, 3.63) is 185 Å². The van der Waals surface area contributed by atoms with Crippen LogP contribution >= 0.6 is 45.2 Å². The number of pyridine rings is 4. The summed E-state index contributed by atoms with van der Waals surface area (Å²) in [5.74, 6) is -0.343. The van der Waals surface area contributed by atoms with Crippen LogP contribution in [-0.2, 0) is 39.3 Å². The number of fused-ring (bicyclic) bond motifs is 2. The van der Waals surface area contributed by atoms with Crippen LogP contribution < -0.4 is 0 Å². The van der Waals surface area contributed by atoms with E-state index < -0.39 is 13.0 Å². The van der Waals surface area contributed by atoms with Crippen molar-refractivity contribution >= 4 is 57.9 Å². The molecule has 8 rings (SSSR count). The van der Waals surface area contributed by atoms with E-state index in [0.717, 1.165) is 57.8 Å². The normalized spacial score (nSPS) is 17.3. The highest BCUT2D eigenvalue weighted by Crippen LogP contribution is 2.49. The number of hydrogen-bond acceptors (Lipinski definition) is 6. The van der Waals surface area contributed by atoms with Crippen molar-refractivity contribution in [2.45, 2.75) is 78.9 Å². The van der Waals surface area contributed by atoms with E-state index in [1.165, 1.54) is 8.96 Å². The van der Waals surface area contributed by atoms with Crippen LogP contribution in [0.25, 0.3) is 0 Å². The van der Waals surface area contributed by atoms with Gasteiger partial charge < -0.3 is 17.6 Å². The molecule has 1 aromatic carbocycles. The highest BCUT2D eigenvalue weighted by atomic mass is 127. The van der Waals surface area contributed by atoms with Crippen LogP contribution in [0.5, 0.6) is 0 Å². The van der Waals surface area contributed by atoms with Gasteiger partial charge in [-0.15, -0.1) is 0 Å². The molecule has 2 aliphatic rings. The van der Waals surface area contributed by atoms with Crippen molar-refractivity contribution in [2.75, 3.05) is 0 Å². The fraction of sp³-hybridized carbons (Fsp3) is 0.267. The molecule has 7 heterocycles. The highest BCUT2D eigenvalue weighted by molar-refractivity contribution is 14.1. The van der Waals surface area contributed by atoms with Crippen LogP contribution in [0, 0.1) is 17.4 Å². The van der Waals surface area contributed by atoms with Gasteiger partial charge in [-0.25, -0.2) is 0 Å². The number of halogens is 4.